The van der Waals surface area contributed by atoms with Crippen molar-refractivity contribution in [1.82, 2.24) is 24.8 Å². The molecule has 2 aliphatic heterocycles. The van der Waals surface area contributed by atoms with Gasteiger partial charge < -0.3 is 19.3 Å². The Balaban J connectivity index is 1.59. The summed E-state index contributed by atoms with van der Waals surface area (Å²) in [7, 11) is 0.104. The summed E-state index contributed by atoms with van der Waals surface area (Å²) >= 11 is 1.61. The molecule has 2 fully saturated rings. The highest BCUT2D eigenvalue weighted by Gasteiger charge is 2.23. The zero-order valence-corrected chi connectivity index (χ0v) is 23.1. The van der Waals surface area contributed by atoms with Gasteiger partial charge in [-0.15, -0.1) is 11.3 Å². The molecule has 3 aromatic rings. The maximum absolute atomic E-state index is 12.3. The fraction of sp³-hybridized carbons (Fsp3) is 0.542. The largest absolute Gasteiger partial charge is 0.480 e. The van der Waals surface area contributed by atoms with Gasteiger partial charge >= 0.3 is 0 Å². The molecule has 37 heavy (non-hydrogen) atoms. The molecule has 1 N–H and O–H groups in total. The summed E-state index contributed by atoms with van der Waals surface area (Å²) in [6, 6.07) is 1.74. The molecule has 0 atom stereocenters. The number of ether oxygens (including phenoxy) is 2. The Hall–Kier alpha value is -2.58. The van der Waals surface area contributed by atoms with Crippen LogP contribution in [-0.2, 0) is 21.3 Å². The first-order valence-corrected chi connectivity index (χ1v) is 15.0. The SMILES string of the molecule is CCS(=O)(=O)Nc1cc(-c2nc(N3CCOCC3)nc3c(CN4CCN(C)CC4)csc23)cnc1OC. The summed E-state index contributed by atoms with van der Waals surface area (Å²) in [5, 5.41) is 2.17. The van der Waals surface area contributed by atoms with Crippen LogP contribution < -0.4 is 14.4 Å². The van der Waals surface area contributed by atoms with E-state index in [9.17, 15) is 8.42 Å². The van der Waals surface area contributed by atoms with Gasteiger partial charge in [0.25, 0.3) is 0 Å². The Morgan fingerprint density at radius 2 is 1.89 bits per heavy atom. The van der Waals surface area contributed by atoms with Crippen molar-refractivity contribution in [1.29, 1.82) is 0 Å². The molecule has 13 heteroatoms. The zero-order chi connectivity index (χ0) is 26.0. The fourth-order valence-corrected chi connectivity index (χ4v) is 6.11. The number of fused-ring (bicyclic) bond motifs is 1. The molecule has 5 heterocycles. The third-order valence-electron chi connectivity index (χ3n) is 6.72. The van der Waals surface area contributed by atoms with E-state index >= 15 is 0 Å². The van der Waals surface area contributed by atoms with Gasteiger partial charge in [0, 0.05) is 63.1 Å². The molecule has 2 saturated heterocycles. The second-order valence-corrected chi connectivity index (χ2v) is 12.2. The Labute approximate surface area is 221 Å². The first-order chi connectivity index (χ1) is 17.9. The number of rotatable bonds is 8. The predicted molar refractivity (Wildman–Crippen MR) is 146 cm³/mol. The molecule has 0 saturated carbocycles. The number of aromatic nitrogens is 3. The van der Waals surface area contributed by atoms with Crippen molar-refractivity contribution < 1.29 is 17.9 Å². The Kier molecular flexibility index (Phi) is 7.77. The molecule has 0 bridgehead atoms. The second kappa shape index (κ2) is 11.0. The van der Waals surface area contributed by atoms with E-state index in [1.807, 2.05) is 0 Å². The van der Waals surface area contributed by atoms with E-state index in [2.05, 4.69) is 36.8 Å². The number of sulfonamides is 1. The van der Waals surface area contributed by atoms with Crippen molar-refractivity contribution in [2.45, 2.75) is 13.5 Å². The number of thiophene rings is 1. The Morgan fingerprint density at radius 1 is 1.14 bits per heavy atom. The lowest BCUT2D eigenvalue weighted by Crippen LogP contribution is -2.43. The van der Waals surface area contributed by atoms with E-state index in [1.54, 1.807) is 30.5 Å². The number of anilines is 2. The van der Waals surface area contributed by atoms with Crippen LogP contribution in [0.15, 0.2) is 17.6 Å². The number of hydrogen-bond donors (Lipinski definition) is 1. The van der Waals surface area contributed by atoms with Crippen LogP contribution in [-0.4, -0.2) is 106 Å². The first kappa shape index (κ1) is 26.0. The average Bonchev–Trinajstić information content (AvgIpc) is 3.32. The Bertz CT molecular complexity index is 1350. The topological polar surface area (TPSA) is 113 Å². The van der Waals surface area contributed by atoms with Crippen LogP contribution >= 0.6 is 11.3 Å². The van der Waals surface area contributed by atoms with E-state index < -0.39 is 10.0 Å². The lowest BCUT2D eigenvalue weighted by molar-refractivity contribution is 0.122. The monoisotopic (exact) mass is 547 g/mol. The first-order valence-electron chi connectivity index (χ1n) is 12.4. The fourth-order valence-electron chi connectivity index (χ4n) is 4.47. The van der Waals surface area contributed by atoms with Crippen LogP contribution in [0.3, 0.4) is 0 Å². The minimum absolute atomic E-state index is 0.0557. The molecule has 200 valence electrons. The van der Waals surface area contributed by atoms with Crippen molar-refractivity contribution >= 4 is 43.2 Å². The standard InChI is InChI=1S/C24H33N7O4S2/c1-4-37(32,33)28-19-13-17(14-25-23(19)34-3)20-22-21(27-24(26-20)31-9-11-35-12-10-31)18(16-36-22)15-30-7-5-29(2)6-8-30/h13-14,16,28H,4-12,15H2,1-3H3. The molecule has 0 aliphatic carbocycles. The summed E-state index contributed by atoms with van der Waals surface area (Å²) in [4.78, 5) is 21.3. The lowest BCUT2D eigenvalue weighted by atomic mass is 10.1. The number of nitrogens with one attached hydrogen (secondary N) is 1. The van der Waals surface area contributed by atoms with Crippen LogP contribution in [0.4, 0.5) is 11.6 Å². The van der Waals surface area contributed by atoms with E-state index in [0.29, 0.717) is 37.8 Å². The van der Waals surface area contributed by atoms with Gasteiger partial charge in [-0.3, -0.25) is 9.62 Å². The lowest BCUT2D eigenvalue weighted by Gasteiger charge is -2.32. The highest BCUT2D eigenvalue weighted by atomic mass is 32.2. The van der Waals surface area contributed by atoms with Crippen molar-refractivity contribution in [2.24, 2.45) is 0 Å². The Morgan fingerprint density at radius 3 is 2.59 bits per heavy atom. The molecule has 0 unspecified atom stereocenters. The van der Waals surface area contributed by atoms with Crippen LogP contribution in [0.25, 0.3) is 21.5 Å². The maximum Gasteiger partial charge on any atom is 0.238 e. The van der Waals surface area contributed by atoms with E-state index in [4.69, 9.17) is 19.4 Å². The van der Waals surface area contributed by atoms with Gasteiger partial charge in [0.05, 0.1) is 42.0 Å². The number of morpholine rings is 1. The summed E-state index contributed by atoms with van der Waals surface area (Å²) in [6.07, 6.45) is 1.67. The van der Waals surface area contributed by atoms with Gasteiger partial charge in [0.2, 0.25) is 21.9 Å². The number of methoxy groups -OCH3 is 1. The molecule has 0 aromatic carbocycles. The highest BCUT2D eigenvalue weighted by molar-refractivity contribution is 7.92. The maximum atomic E-state index is 12.3. The third-order valence-corrected chi connectivity index (χ3v) is 9.04. The minimum Gasteiger partial charge on any atom is -0.480 e. The summed E-state index contributed by atoms with van der Waals surface area (Å²) in [6.45, 7) is 9.23. The van der Waals surface area contributed by atoms with Crippen molar-refractivity contribution in [2.75, 3.05) is 82.0 Å². The van der Waals surface area contributed by atoms with Crippen LogP contribution in [0.2, 0.25) is 0 Å². The van der Waals surface area contributed by atoms with E-state index in [1.165, 1.54) is 12.7 Å². The average molecular weight is 548 g/mol. The second-order valence-electron chi connectivity index (χ2n) is 9.28. The van der Waals surface area contributed by atoms with Gasteiger partial charge in [-0.1, -0.05) is 0 Å². The van der Waals surface area contributed by atoms with Gasteiger partial charge in [-0.2, -0.15) is 0 Å². The minimum atomic E-state index is -3.52. The van der Waals surface area contributed by atoms with Crippen molar-refractivity contribution in [3.8, 4) is 17.1 Å². The number of nitrogens with zero attached hydrogens (tertiary/aromatic N) is 6. The van der Waals surface area contributed by atoms with Crippen LogP contribution in [0.1, 0.15) is 12.5 Å². The van der Waals surface area contributed by atoms with Gasteiger partial charge in [0.1, 0.15) is 5.69 Å². The molecule has 5 rings (SSSR count). The van der Waals surface area contributed by atoms with Crippen LogP contribution in [0, 0.1) is 0 Å². The molecule has 2 aliphatic rings. The smallest absolute Gasteiger partial charge is 0.238 e. The quantitative estimate of drug-likeness (QED) is 0.450. The number of pyridine rings is 1. The molecule has 11 nitrogen and oxygen atoms in total. The molecule has 0 spiro atoms. The predicted octanol–water partition coefficient (Wildman–Crippen LogP) is 2.11. The summed E-state index contributed by atoms with van der Waals surface area (Å²) in [5.41, 5.74) is 3.83. The highest BCUT2D eigenvalue weighted by Crippen LogP contribution is 2.37. The zero-order valence-electron chi connectivity index (χ0n) is 21.4. The van der Waals surface area contributed by atoms with Gasteiger partial charge in [-0.25, -0.2) is 23.4 Å². The van der Waals surface area contributed by atoms with Crippen molar-refractivity contribution in [3.63, 3.8) is 0 Å². The number of hydrogen-bond acceptors (Lipinski definition) is 11. The van der Waals surface area contributed by atoms with Gasteiger partial charge in [0.15, 0.2) is 0 Å². The third kappa shape index (κ3) is 5.80. The number of likely N-dealkylation sites (N-methyl/N-ethyl adjacent to an activating group) is 1. The number of piperazine rings is 1. The summed E-state index contributed by atoms with van der Waals surface area (Å²) < 4.78 is 39.1. The summed E-state index contributed by atoms with van der Waals surface area (Å²) in [5.74, 6) is 0.802. The van der Waals surface area contributed by atoms with Gasteiger partial charge in [-0.05, 0) is 25.4 Å². The van der Waals surface area contributed by atoms with Crippen molar-refractivity contribution in [3.05, 3.63) is 23.2 Å². The molecular weight excluding hydrogens is 514 g/mol. The molecule has 0 radical (unpaired) electrons. The normalized spacial score (nSPS) is 17.9. The van der Waals surface area contributed by atoms with E-state index in [0.717, 1.165) is 48.6 Å². The molecule has 0 amide bonds. The van der Waals surface area contributed by atoms with Crippen LogP contribution in [0.5, 0.6) is 5.88 Å². The van der Waals surface area contributed by atoms with E-state index in [-0.39, 0.29) is 17.3 Å². The molecule has 3 aromatic heterocycles. The molecular formula is C24H33N7O4S2.